The lowest BCUT2D eigenvalue weighted by molar-refractivity contribution is 0.305. The van der Waals surface area contributed by atoms with Gasteiger partial charge in [0.15, 0.2) is 0 Å². The molecule has 7 nitrogen and oxygen atoms in total. The number of nitrogens with zero attached hydrogens (tertiary/aromatic N) is 3. The largest absolute Gasteiger partial charge is 0.488 e. The molecule has 122 valence electrons. The predicted molar refractivity (Wildman–Crippen MR) is 87.8 cm³/mol. The van der Waals surface area contributed by atoms with Gasteiger partial charge in [0.25, 0.3) is 0 Å². The maximum atomic E-state index is 13.9. The number of rotatable bonds is 2. The van der Waals surface area contributed by atoms with E-state index in [4.69, 9.17) is 11.5 Å². The van der Waals surface area contributed by atoms with Gasteiger partial charge in [0.05, 0.1) is 0 Å². The quantitative estimate of drug-likeness (QED) is 0.554. The normalized spacial score (nSPS) is 20.2. The van der Waals surface area contributed by atoms with Crippen molar-refractivity contribution in [3.63, 3.8) is 0 Å². The summed E-state index contributed by atoms with van der Waals surface area (Å²) in [6, 6.07) is 3.82. The minimum atomic E-state index is -1.77. The number of benzene rings is 1. The zero-order valence-corrected chi connectivity index (χ0v) is 12.6. The van der Waals surface area contributed by atoms with Crippen LogP contribution in [0, 0.1) is 5.82 Å². The van der Waals surface area contributed by atoms with Gasteiger partial charge in [-0.05, 0) is 49.3 Å². The smallest absolute Gasteiger partial charge is 0.423 e. The van der Waals surface area contributed by atoms with E-state index in [1.165, 1.54) is 12.1 Å². The second-order valence-electron chi connectivity index (χ2n) is 5.93. The lowest BCUT2D eigenvalue weighted by Gasteiger charge is -2.45. The van der Waals surface area contributed by atoms with Gasteiger partial charge in [-0.2, -0.15) is 4.99 Å². The first-order valence-electron chi connectivity index (χ1n) is 7.58. The molecule has 3 rings (SSSR count). The molecule has 0 aromatic heterocycles. The van der Waals surface area contributed by atoms with E-state index in [1.54, 1.807) is 4.90 Å². The monoisotopic (exact) mass is 319 g/mol. The summed E-state index contributed by atoms with van der Waals surface area (Å²) in [4.78, 5) is 10.1. The molecule has 9 heteroatoms. The topological polar surface area (TPSA) is 120 Å². The van der Waals surface area contributed by atoms with Crippen molar-refractivity contribution in [2.75, 3.05) is 4.90 Å². The molecule has 2 aliphatic rings. The fraction of sp³-hybridized carbons (Fsp3) is 0.429. The minimum Gasteiger partial charge on any atom is -0.423 e. The number of hydrogen-bond acceptors (Lipinski definition) is 7. The summed E-state index contributed by atoms with van der Waals surface area (Å²) in [5.41, 5.74) is 11.6. The van der Waals surface area contributed by atoms with E-state index < -0.39 is 18.6 Å². The van der Waals surface area contributed by atoms with Gasteiger partial charge in [0, 0.05) is 5.69 Å². The van der Waals surface area contributed by atoms with Gasteiger partial charge in [-0.15, -0.1) is 0 Å². The number of guanidine groups is 2. The maximum absolute atomic E-state index is 13.9. The molecule has 6 N–H and O–H groups in total. The predicted octanol–water partition coefficient (Wildman–Crippen LogP) is -0.385. The third-order valence-corrected chi connectivity index (χ3v) is 4.31. The van der Waals surface area contributed by atoms with E-state index in [2.05, 4.69) is 9.98 Å². The number of nitrogens with two attached hydrogens (primary N) is 2. The first-order chi connectivity index (χ1) is 10.9. The molecule has 1 fully saturated rings. The van der Waals surface area contributed by atoms with Crippen molar-refractivity contribution >= 4 is 30.2 Å². The first-order valence-corrected chi connectivity index (χ1v) is 7.58. The van der Waals surface area contributed by atoms with Crippen molar-refractivity contribution in [3.05, 3.63) is 24.0 Å². The highest BCUT2D eigenvalue weighted by molar-refractivity contribution is 6.58. The zero-order valence-electron chi connectivity index (χ0n) is 12.6. The van der Waals surface area contributed by atoms with Crippen LogP contribution in [0.5, 0.6) is 0 Å². The van der Waals surface area contributed by atoms with E-state index in [0.717, 1.165) is 38.2 Å². The van der Waals surface area contributed by atoms with E-state index in [-0.39, 0.29) is 17.4 Å². The van der Waals surface area contributed by atoms with Crippen LogP contribution in [0.2, 0.25) is 0 Å². The lowest BCUT2D eigenvalue weighted by atomic mass is 9.79. The molecule has 0 unspecified atom stereocenters. The molecule has 0 atom stereocenters. The van der Waals surface area contributed by atoms with Crippen LogP contribution in [0.15, 0.2) is 28.2 Å². The van der Waals surface area contributed by atoms with E-state index in [9.17, 15) is 14.4 Å². The van der Waals surface area contributed by atoms with E-state index in [0.29, 0.717) is 5.69 Å². The van der Waals surface area contributed by atoms with E-state index in [1.807, 2.05) is 0 Å². The Morgan fingerprint density at radius 2 is 1.83 bits per heavy atom. The Morgan fingerprint density at radius 3 is 2.48 bits per heavy atom. The molecule has 0 bridgehead atoms. The molecule has 0 saturated heterocycles. The maximum Gasteiger partial charge on any atom is 0.488 e. The lowest BCUT2D eigenvalue weighted by Crippen LogP contribution is -2.58. The Bertz CT molecular complexity index is 673. The van der Waals surface area contributed by atoms with Gasteiger partial charge in [-0.3, -0.25) is 4.90 Å². The second kappa shape index (κ2) is 5.82. The summed E-state index contributed by atoms with van der Waals surface area (Å²) in [6.07, 6.45) is 4.43. The average molecular weight is 319 g/mol. The third kappa shape index (κ3) is 2.89. The van der Waals surface area contributed by atoms with Crippen molar-refractivity contribution in [2.45, 2.75) is 37.8 Å². The molecule has 23 heavy (non-hydrogen) atoms. The number of halogens is 1. The van der Waals surface area contributed by atoms with Gasteiger partial charge in [-0.25, -0.2) is 9.38 Å². The van der Waals surface area contributed by atoms with Crippen molar-refractivity contribution in [3.8, 4) is 0 Å². The summed E-state index contributed by atoms with van der Waals surface area (Å²) >= 11 is 0. The first kappa shape index (κ1) is 15.8. The summed E-state index contributed by atoms with van der Waals surface area (Å²) in [6.45, 7) is 0. The fourth-order valence-electron chi connectivity index (χ4n) is 3.37. The molecule has 0 radical (unpaired) electrons. The molecule has 1 aliphatic carbocycles. The van der Waals surface area contributed by atoms with Gasteiger partial charge in [0.2, 0.25) is 11.9 Å². The standard InChI is InChI=1S/C14H19BFN5O2/c16-10-6-9(15(22)23)7-11(8-10)21-13(18)19-12(17)20-14(21)4-2-1-3-5-14/h6-8,22-23H,1-5H2,(H4,17,18,19,20). The summed E-state index contributed by atoms with van der Waals surface area (Å²) in [5.74, 6) is -0.352. The minimum absolute atomic E-state index is 0.0429. The summed E-state index contributed by atoms with van der Waals surface area (Å²) in [7, 11) is -1.77. The Labute approximate surface area is 133 Å². The SMILES string of the molecule is NC1=NC2(CCCCC2)N(c2cc(F)cc(B(O)O)c2)C(N)=N1. The average Bonchev–Trinajstić information content (AvgIpc) is 2.46. The summed E-state index contributed by atoms with van der Waals surface area (Å²) in [5, 5.41) is 18.7. The van der Waals surface area contributed by atoms with Crippen LogP contribution in [0.25, 0.3) is 0 Å². The molecule has 1 aromatic carbocycles. The van der Waals surface area contributed by atoms with Crippen molar-refractivity contribution in [1.29, 1.82) is 0 Å². The molecule has 1 saturated carbocycles. The number of anilines is 1. The highest BCUT2D eigenvalue weighted by Gasteiger charge is 2.42. The number of aliphatic imine (C=N–C) groups is 2. The third-order valence-electron chi connectivity index (χ3n) is 4.31. The van der Waals surface area contributed by atoms with Crippen LogP contribution < -0.4 is 21.8 Å². The van der Waals surface area contributed by atoms with Crippen LogP contribution >= 0.6 is 0 Å². The Kier molecular flexibility index (Phi) is 3.99. The molecular weight excluding hydrogens is 300 g/mol. The van der Waals surface area contributed by atoms with Crippen LogP contribution in [0.1, 0.15) is 32.1 Å². The van der Waals surface area contributed by atoms with Crippen molar-refractivity contribution < 1.29 is 14.4 Å². The van der Waals surface area contributed by atoms with Crippen molar-refractivity contribution in [2.24, 2.45) is 21.5 Å². The van der Waals surface area contributed by atoms with E-state index >= 15 is 0 Å². The Balaban J connectivity index is 2.10. The highest BCUT2D eigenvalue weighted by atomic mass is 19.1. The Morgan fingerprint density at radius 1 is 1.13 bits per heavy atom. The second-order valence-corrected chi connectivity index (χ2v) is 5.93. The Hall–Kier alpha value is -2.13. The summed E-state index contributed by atoms with van der Waals surface area (Å²) < 4.78 is 13.9. The van der Waals surface area contributed by atoms with Gasteiger partial charge in [0.1, 0.15) is 11.5 Å². The van der Waals surface area contributed by atoms with Gasteiger partial charge in [-0.1, -0.05) is 6.42 Å². The van der Waals surface area contributed by atoms with Crippen molar-refractivity contribution in [1.82, 2.24) is 0 Å². The fourth-order valence-corrected chi connectivity index (χ4v) is 3.37. The van der Waals surface area contributed by atoms with Crippen LogP contribution in [-0.2, 0) is 0 Å². The van der Waals surface area contributed by atoms with Crippen LogP contribution in [-0.4, -0.2) is 34.7 Å². The molecule has 1 aliphatic heterocycles. The van der Waals surface area contributed by atoms with Gasteiger partial charge >= 0.3 is 7.12 Å². The number of hydrogen-bond donors (Lipinski definition) is 4. The highest BCUT2D eigenvalue weighted by Crippen LogP contribution is 2.39. The van der Waals surface area contributed by atoms with Gasteiger partial charge < -0.3 is 21.5 Å². The molecule has 1 aromatic rings. The molecular formula is C14H19BFN5O2. The molecule has 0 amide bonds. The molecule has 1 spiro atoms. The van der Waals surface area contributed by atoms with Crippen LogP contribution in [0.4, 0.5) is 10.1 Å². The van der Waals surface area contributed by atoms with Crippen LogP contribution in [0.3, 0.4) is 0 Å². The molecule has 1 heterocycles. The zero-order chi connectivity index (χ0) is 16.6.